The summed E-state index contributed by atoms with van der Waals surface area (Å²) in [6, 6.07) is 7.86. The molecule has 0 aliphatic carbocycles. The van der Waals surface area contributed by atoms with Crippen molar-refractivity contribution in [1.29, 1.82) is 0 Å². The molecule has 19 heavy (non-hydrogen) atoms. The van der Waals surface area contributed by atoms with Crippen molar-refractivity contribution in [3.8, 4) is 0 Å². The molecule has 1 aliphatic rings. The van der Waals surface area contributed by atoms with Crippen LogP contribution in [0.3, 0.4) is 0 Å². The quantitative estimate of drug-likeness (QED) is 0.858. The van der Waals surface area contributed by atoms with E-state index in [9.17, 15) is 9.90 Å². The van der Waals surface area contributed by atoms with Crippen LogP contribution in [-0.4, -0.2) is 36.4 Å². The SMILES string of the molecule is Cc1ccccc1CC(=O)NC1(CO)CCOCC1. The number of nitrogens with one attached hydrogen (secondary N) is 1. The van der Waals surface area contributed by atoms with Crippen LogP contribution in [-0.2, 0) is 16.0 Å². The average molecular weight is 263 g/mol. The van der Waals surface area contributed by atoms with E-state index in [2.05, 4.69) is 5.32 Å². The first-order chi connectivity index (χ1) is 9.15. The molecular formula is C15H21NO3. The Labute approximate surface area is 113 Å². The molecule has 1 aromatic carbocycles. The molecule has 0 radical (unpaired) electrons. The summed E-state index contributed by atoms with van der Waals surface area (Å²) in [5.41, 5.74) is 1.64. The number of aliphatic hydroxyl groups is 1. The average Bonchev–Trinajstić information content (AvgIpc) is 2.42. The number of aliphatic hydroxyl groups excluding tert-OH is 1. The maximum Gasteiger partial charge on any atom is 0.224 e. The minimum absolute atomic E-state index is 0.0319. The third kappa shape index (κ3) is 3.55. The van der Waals surface area contributed by atoms with Crippen LogP contribution in [0.5, 0.6) is 0 Å². The molecule has 1 aliphatic heterocycles. The normalized spacial score (nSPS) is 18.0. The Balaban J connectivity index is 1.98. The monoisotopic (exact) mass is 263 g/mol. The third-order valence-corrected chi connectivity index (χ3v) is 3.77. The molecule has 2 N–H and O–H groups in total. The number of rotatable bonds is 4. The van der Waals surface area contributed by atoms with Crippen LogP contribution >= 0.6 is 0 Å². The Hall–Kier alpha value is -1.39. The Bertz CT molecular complexity index is 439. The lowest BCUT2D eigenvalue weighted by atomic mass is 9.90. The van der Waals surface area contributed by atoms with E-state index in [1.54, 1.807) is 0 Å². The Kier molecular flexibility index (Phi) is 4.56. The number of ether oxygens (including phenoxy) is 1. The smallest absolute Gasteiger partial charge is 0.224 e. The number of amides is 1. The van der Waals surface area contributed by atoms with Crippen LogP contribution in [0.1, 0.15) is 24.0 Å². The van der Waals surface area contributed by atoms with Crippen molar-refractivity contribution < 1.29 is 14.6 Å². The van der Waals surface area contributed by atoms with Gasteiger partial charge in [0.2, 0.25) is 5.91 Å². The van der Waals surface area contributed by atoms with Gasteiger partial charge in [-0.25, -0.2) is 0 Å². The van der Waals surface area contributed by atoms with Gasteiger partial charge in [-0.3, -0.25) is 4.79 Å². The topological polar surface area (TPSA) is 58.6 Å². The molecule has 1 aromatic rings. The summed E-state index contributed by atoms with van der Waals surface area (Å²) in [5, 5.41) is 12.5. The number of carbonyl (C=O) groups excluding carboxylic acids is 1. The predicted molar refractivity (Wildman–Crippen MR) is 72.9 cm³/mol. The fourth-order valence-electron chi connectivity index (χ4n) is 2.41. The molecule has 4 heteroatoms. The highest BCUT2D eigenvalue weighted by Gasteiger charge is 2.33. The largest absolute Gasteiger partial charge is 0.394 e. The first-order valence-corrected chi connectivity index (χ1v) is 6.69. The van der Waals surface area contributed by atoms with Crippen LogP contribution in [0.2, 0.25) is 0 Å². The van der Waals surface area contributed by atoms with Crippen LogP contribution in [0.15, 0.2) is 24.3 Å². The first-order valence-electron chi connectivity index (χ1n) is 6.69. The van der Waals surface area contributed by atoms with Gasteiger partial charge in [-0.2, -0.15) is 0 Å². The summed E-state index contributed by atoms with van der Waals surface area (Å²) in [7, 11) is 0. The molecular weight excluding hydrogens is 242 g/mol. The molecule has 1 heterocycles. The van der Waals surface area contributed by atoms with Gasteiger partial charge in [0.15, 0.2) is 0 Å². The predicted octanol–water partition coefficient (Wildman–Crippen LogP) is 1.20. The van der Waals surface area contributed by atoms with Crippen molar-refractivity contribution in [3.63, 3.8) is 0 Å². The second-order valence-corrected chi connectivity index (χ2v) is 5.20. The van der Waals surface area contributed by atoms with E-state index in [1.807, 2.05) is 31.2 Å². The molecule has 0 saturated carbocycles. The maximum absolute atomic E-state index is 12.1. The number of aryl methyl sites for hydroxylation is 1. The Morgan fingerprint density at radius 2 is 2.05 bits per heavy atom. The minimum Gasteiger partial charge on any atom is -0.394 e. The molecule has 104 valence electrons. The fourth-order valence-corrected chi connectivity index (χ4v) is 2.41. The van der Waals surface area contributed by atoms with Gasteiger partial charge in [0.1, 0.15) is 0 Å². The molecule has 4 nitrogen and oxygen atoms in total. The van der Waals surface area contributed by atoms with E-state index in [0.29, 0.717) is 32.5 Å². The van der Waals surface area contributed by atoms with Crippen LogP contribution in [0.25, 0.3) is 0 Å². The standard InChI is InChI=1S/C15H21NO3/c1-12-4-2-3-5-13(12)10-14(18)16-15(11-17)6-8-19-9-7-15/h2-5,17H,6-11H2,1H3,(H,16,18). The molecule has 1 amide bonds. The van der Waals surface area contributed by atoms with E-state index >= 15 is 0 Å². The summed E-state index contributed by atoms with van der Waals surface area (Å²) in [6.45, 7) is 3.14. The van der Waals surface area contributed by atoms with E-state index in [-0.39, 0.29) is 12.5 Å². The van der Waals surface area contributed by atoms with Crippen molar-refractivity contribution in [3.05, 3.63) is 35.4 Å². The molecule has 0 atom stereocenters. The molecule has 0 unspecified atom stereocenters. The van der Waals surface area contributed by atoms with Crippen molar-refractivity contribution in [2.75, 3.05) is 19.8 Å². The zero-order valence-corrected chi connectivity index (χ0v) is 11.3. The number of benzene rings is 1. The highest BCUT2D eigenvalue weighted by atomic mass is 16.5. The van der Waals surface area contributed by atoms with Gasteiger partial charge >= 0.3 is 0 Å². The lowest BCUT2D eigenvalue weighted by Crippen LogP contribution is -2.55. The molecule has 0 spiro atoms. The van der Waals surface area contributed by atoms with Gasteiger partial charge in [0.25, 0.3) is 0 Å². The number of carbonyl (C=O) groups is 1. The molecule has 2 rings (SSSR count). The third-order valence-electron chi connectivity index (χ3n) is 3.77. The van der Waals surface area contributed by atoms with Gasteiger partial charge in [-0.15, -0.1) is 0 Å². The summed E-state index contributed by atoms with van der Waals surface area (Å²) in [5.74, 6) is -0.0368. The molecule has 0 bridgehead atoms. The van der Waals surface area contributed by atoms with Crippen LogP contribution in [0, 0.1) is 6.92 Å². The second-order valence-electron chi connectivity index (χ2n) is 5.20. The number of hydrogen-bond acceptors (Lipinski definition) is 3. The van der Waals surface area contributed by atoms with E-state index in [4.69, 9.17) is 4.74 Å². The summed E-state index contributed by atoms with van der Waals surface area (Å²) >= 11 is 0. The van der Waals surface area contributed by atoms with Gasteiger partial charge in [-0.1, -0.05) is 24.3 Å². The minimum atomic E-state index is -0.502. The summed E-state index contributed by atoms with van der Waals surface area (Å²) in [6.07, 6.45) is 1.70. The highest BCUT2D eigenvalue weighted by Crippen LogP contribution is 2.20. The van der Waals surface area contributed by atoms with Gasteiger partial charge < -0.3 is 15.2 Å². The number of hydrogen-bond donors (Lipinski definition) is 2. The van der Waals surface area contributed by atoms with E-state index in [1.165, 1.54) is 0 Å². The second kappa shape index (κ2) is 6.17. The lowest BCUT2D eigenvalue weighted by Gasteiger charge is -2.36. The van der Waals surface area contributed by atoms with Crippen LogP contribution in [0.4, 0.5) is 0 Å². The molecule has 1 saturated heterocycles. The zero-order chi connectivity index (χ0) is 13.7. The Morgan fingerprint density at radius 3 is 2.68 bits per heavy atom. The summed E-state index contributed by atoms with van der Waals surface area (Å²) < 4.78 is 5.28. The first kappa shape index (κ1) is 14.0. The van der Waals surface area contributed by atoms with Crippen molar-refractivity contribution in [2.24, 2.45) is 0 Å². The van der Waals surface area contributed by atoms with E-state index < -0.39 is 5.54 Å². The lowest BCUT2D eigenvalue weighted by molar-refractivity contribution is -0.124. The van der Waals surface area contributed by atoms with Gasteiger partial charge in [0, 0.05) is 13.2 Å². The van der Waals surface area contributed by atoms with Gasteiger partial charge in [0.05, 0.1) is 18.6 Å². The van der Waals surface area contributed by atoms with Gasteiger partial charge in [-0.05, 0) is 30.9 Å². The van der Waals surface area contributed by atoms with Crippen molar-refractivity contribution >= 4 is 5.91 Å². The van der Waals surface area contributed by atoms with Crippen molar-refractivity contribution in [2.45, 2.75) is 31.7 Å². The van der Waals surface area contributed by atoms with E-state index in [0.717, 1.165) is 11.1 Å². The Morgan fingerprint density at radius 1 is 1.37 bits per heavy atom. The maximum atomic E-state index is 12.1. The van der Waals surface area contributed by atoms with Crippen LogP contribution < -0.4 is 5.32 Å². The highest BCUT2D eigenvalue weighted by molar-refractivity contribution is 5.79. The fraction of sp³-hybridized carbons (Fsp3) is 0.533. The zero-order valence-electron chi connectivity index (χ0n) is 11.3. The van der Waals surface area contributed by atoms with Crippen molar-refractivity contribution in [1.82, 2.24) is 5.32 Å². The molecule has 1 fully saturated rings. The molecule has 0 aromatic heterocycles. The summed E-state index contributed by atoms with van der Waals surface area (Å²) in [4.78, 5) is 12.1.